The number of amides is 2. The molecule has 41 heavy (non-hydrogen) atoms. The van der Waals surface area contributed by atoms with E-state index < -0.39 is 28.3 Å². The number of benzene rings is 1. The number of pyridine rings is 1. The van der Waals surface area contributed by atoms with Crippen LogP contribution in [0.15, 0.2) is 54.7 Å². The Morgan fingerprint density at radius 1 is 1.12 bits per heavy atom. The van der Waals surface area contributed by atoms with Crippen LogP contribution in [0, 0.1) is 11.6 Å². The van der Waals surface area contributed by atoms with Gasteiger partial charge in [0.15, 0.2) is 0 Å². The fourth-order valence-corrected chi connectivity index (χ4v) is 6.84. The fourth-order valence-electron chi connectivity index (χ4n) is 5.91. The number of aliphatic hydroxyl groups is 1. The molecule has 2 aliphatic rings. The molecule has 2 amide bonds. The maximum absolute atomic E-state index is 14.3. The quantitative estimate of drug-likeness (QED) is 0.347. The van der Waals surface area contributed by atoms with Crippen LogP contribution in [-0.4, -0.2) is 57.1 Å². The molecule has 3 N–H and O–H groups in total. The van der Waals surface area contributed by atoms with Crippen molar-refractivity contribution in [1.29, 1.82) is 0 Å². The summed E-state index contributed by atoms with van der Waals surface area (Å²) in [7, 11) is 0. The van der Waals surface area contributed by atoms with E-state index >= 15 is 0 Å². The Morgan fingerprint density at radius 2 is 1.85 bits per heavy atom. The Balaban J connectivity index is 1.31. The minimum absolute atomic E-state index is 0.0841. The highest BCUT2D eigenvalue weighted by Gasteiger charge is 2.49. The van der Waals surface area contributed by atoms with Gasteiger partial charge in [0.25, 0.3) is 5.91 Å². The van der Waals surface area contributed by atoms with Gasteiger partial charge in [-0.25, -0.2) is 8.78 Å². The number of rotatable bonds is 8. The highest BCUT2D eigenvalue weighted by Crippen LogP contribution is 2.37. The third-order valence-corrected chi connectivity index (χ3v) is 9.34. The van der Waals surface area contributed by atoms with Crippen LogP contribution in [0.4, 0.5) is 8.78 Å². The monoisotopic (exact) mass is 582 g/mol. The summed E-state index contributed by atoms with van der Waals surface area (Å²) in [5.41, 5.74) is -1.18. The van der Waals surface area contributed by atoms with Crippen molar-refractivity contribution in [3.05, 3.63) is 76.9 Å². The lowest BCUT2D eigenvalue weighted by Gasteiger charge is -2.55. The summed E-state index contributed by atoms with van der Waals surface area (Å²) < 4.78 is 27.7. The number of carbonyl (C=O) groups is 2. The maximum Gasteiger partial charge on any atom is 0.261 e. The van der Waals surface area contributed by atoms with Gasteiger partial charge < -0.3 is 15.7 Å². The SMILES string of the molecule is CC1(O)CCC(N2CC(CC(=O)NC(C)(C)c3ccccn3)(NC(=O)c3ccc(-c4ccc(F)cc4F)s3)C2)CC1. The number of halogens is 2. The molecular weight excluding hydrogens is 546 g/mol. The van der Waals surface area contributed by atoms with Gasteiger partial charge in [-0.2, -0.15) is 0 Å². The highest BCUT2D eigenvalue weighted by molar-refractivity contribution is 7.17. The van der Waals surface area contributed by atoms with E-state index in [1.165, 1.54) is 12.1 Å². The molecular formula is C31H36F2N4O3S. The number of nitrogens with one attached hydrogen (secondary N) is 2. The summed E-state index contributed by atoms with van der Waals surface area (Å²) in [6.07, 6.45) is 4.90. The zero-order valence-corrected chi connectivity index (χ0v) is 24.4. The van der Waals surface area contributed by atoms with E-state index in [4.69, 9.17) is 0 Å². The van der Waals surface area contributed by atoms with Gasteiger partial charge in [0.05, 0.1) is 33.7 Å². The molecule has 0 radical (unpaired) electrons. The van der Waals surface area contributed by atoms with Crippen molar-refractivity contribution in [1.82, 2.24) is 20.5 Å². The Labute approximate surface area is 243 Å². The van der Waals surface area contributed by atoms with E-state index in [2.05, 4.69) is 20.5 Å². The van der Waals surface area contributed by atoms with E-state index in [-0.39, 0.29) is 29.8 Å². The summed E-state index contributed by atoms with van der Waals surface area (Å²) in [6, 6.07) is 12.5. The van der Waals surface area contributed by atoms with Crippen LogP contribution >= 0.6 is 11.3 Å². The molecule has 5 rings (SSSR count). The first-order valence-electron chi connectivity index (χ1n) is 13.9. The fraction of sp³-hybridized carbons (Fsp3) is 0.452. The topological polar surface area (TPSA) is 94.6 Å². The summed E-state index contributed by atoms with van der Waals surface area (Å²) >= 11 is 1.12. The largest absolute Gasteiger partial charge is 0.390 e. The van der Waals surface area contributed by atoms with Crippen molar-refractivity contribution in [2.24, 2.45) is 0 Å². The first-order valence-corrected chi connectivity index (χ1v) is 14.7. The van der Waals surface area contributed by atoms with Crippen LogP contribution in [0.5, 0.6) is 0 Å². The zero-order chi connectivity index (χ0) is 29.4. The number of hydrogen-bond donors (Lipinski definition) is 3. The molecule has 2 aromatic heterocycles. The van der Waals surface area contributed by atoms with Crippen molar-refractivity contribution >= 4 is 23.2 Å². The number of thiophene rings is 1. The molecule has 0 atom stereocenters. The minimum Gasteiger partial charge on any atom is -0.390 e. The number of carbonyl (C=O) groups excluding carboxylic acids is 2. The molecule has 1 saturated carbocycles. The first kappa shape index (κ1) is 29.3. The van der Waals surface area contributed by atoms with Crippen LogP contribution in [0.3, 0.4) is 0 Å². The van der Waals surface area contributed by atoms with Crippen LogP contribution < -0.4 is 10.6 Å². The minimum atomic E-state index is -0.785. The van der Waals surface area contributed by atoms with Crippen molar-refractivity contribution in [3.63, 3.8) is 0 Å². The van der Waals surface area contributed by atoms with Crippen LogP contribution in [0.2, 0.25) is 0 Å². The Morgan fingerprint density at radius 3 is 2.51 bits per heavy atom. The number of likely N-dealkylation sites (tertiary alicyclic amines) is 1. The first-order chi connectivity index (χ1) is 19.3. The lowest BCUT2D eigenvalue weighted by atomic mass is 9.78. The predicted molar refractivity (Wildman–Crippen MR) is 154 cm³/mol. The van der Waals surface area contributed by atoms with E-state index in [1.807, 2.05) is 39.0 Å². The number of nitrogens with zero attached hydrogens (tertiary/aromatic N) is 2. The molecule has 0 spiro atoms. The molecule has 1 aromatic carbocycles. The lowest BCUT2D eigenvalue weighted by Crippen LogP contribution is -2.73. The Kier molecular flexibility index (Phi) is 8.02. The normalized spacial score (nSPS) is 22.5. The standard InChI is InChI=1S/C31H36F2N4O3S/c1-29(2,26-6-4-5-15-34-26)35-27(38)17-31(18-37(19-31)21-11-13-30(3,40)14-12-21)36-28(39)25-10-9-24(41-25)22-8-7-20(32)16-23(22)33/h4-10,15-16,21,40H,11-14,17-19H2,1-3H3,(H,35,38)(H,36,39). The molecule has 3 aromatic rings. The Bertz CT molecular complexity index is 1410. The molecule has 7 nitrogen and oxygen atoms in total. The molecule has 1 saturated heterocycles. The van der Waals surface area contributed by atoms with Gasteiger partial charge in [-0.3, -0.25) is 19.5 Å². The van der Waals surface area contributed by atoms with E-state index in [9.17, 15) is 23.5 Å². The maximum atomic E-state index is 14.3. The van der Waals surface area contributed by atoms with Crippen LogP contribution in [-0.2, 0) is 10.3 Å². The molecule has 3 heterocycles. The van der Waals surface area contributed by atoms with Gasteiger partial charge in [0, 0.05) is 41.8 Å². The summed E-state index contributed by atoms with van der Waals surface area (Å²) in [5.74, 6) is -1.90. The molecule has 2 fully saturated rings. The van der Waals surface area contributed by atoms with Crippen LogP contribution in [0.25, 0.3) is 10.4 Å². The predicted octanol–water partition coefficient (Wildman–Crippen LogP) is 5.01. The molecule has 1 aliphatic heterocycles. The third-order valence-electron chi connectivity index (χ3n) is 8.22. The summed E-state index contributed by atoms with van der Waals surface area (Å²) in [5, 5.41) is 16.6. The van der Waals surface area contributed by atoms with Crippen molar-refractivity contribution in [2.45, 2.75) is 75.6 Å². The number of aromatic nitrogens is 1. The summed E-state index contributed by atoms with van der Waals surface area (Å²) in [4.78, 5) is 34.4. The second-order valence-electron chi connectivity index (χ2n) is 12.2. The number of hydrogen-bond acceptors (Lipinski definition) is 6. The van der Waals surface area contributed by atoms with Crippen molar-refractivity contribution < 1.29 is 23.5 Å². The van der Waals surface area contributed by atoms with Gasteiger partial charge in [0.2, 0.25) is 5.91 Å². The molecule has 218 valence electrons. The smallest absolute Gasteiger partial charge is 0.261 e. The molecule has 1 aliphatic carbocycles. The lowest BCUT2D eigenvalue weighted by molar-refractivity contribution is -0.127. The third kappa shape index (κ3) is 6.66. The molecule has 10 heteroatoms. The van der Waals surface area contributed by atoms with Gasteiger partial charge in [-0.15, -0.1) is 11.3 Å². The van der Waals surface area contributed by atoms with E-state index in [0.29, 0.717) is 35.7 Å². The van der Waals surface area contributed by atoms with Gasteiger partial charge in [0.1, 0.15) is 11.6 Å². The van der Waals surface area contributed by atoms with Crippen molar-refractivity contribution in [2.75, 3.05) is 13.1 Å². The highest BCUT2D eigenvalue weighted by atomic mass is 32.1. The average Bonchev–Trinajstić information content (AvgIpc) is 3.37. The van der Waals surface area contributed by atoms with Crippen LogP contribution in [0.1, 0.15) is 68.2 Å². The van der Waals surface area contributed by atoms with Gasteiger partial charge >= 0.3 is 0 Å². The van der Waals surface area contributed by atoms with Gasteiger partial charge in [-0.1, -0.05) is 6.07 Å². The van der Waals surface area contributed by atoms with E-state index in [0.717, 1.165) is 35.9 Å². The van der Waals surface area contributed by atoms with Crippen molar-refractivity contribution in [3.8, 4) is 10.4 Å². The average molecular weight is 583 g/mol. The van der Waals surface area contributed by atoms with Gasteiger partial charge in [-0.05, 0) is 82.9 Å². The zero-order valence-electron chi connectivity index (χ0n) is 23.5. The molecule has 0 bridgehead atoms. The second-order valence-corrected chi connectivity index (χ2v) is 13.3. The second kappa shape index (κ2) is 11.2. The Hall–Kier alpha value is -3.21. The summed E-state index contributed by atoms with van der Waals surface area (Å²) in [6.45, 7) is 6.66. The van der Waals surface area contributed by atoms with E-state index in [1.54, 1.807) is 18.3 Å². The molecule has 0 unspecified atom stereocenters.